The van der Waals surface area contributed by atoms with E-state index in [0.717, 1.165) is 55.9 Å². The van der Waals surface area contributed by atoms with Crippen LogP contribution in [0.2, 0.25) is 0 Å². The van der Waals surface area contributed by atoms with Gasteiger partial charge >= 0.3 is 0 Å². The molecule has 302 valence electrons. The van der Waals surface area contributed by atoms with Crippen molar-refractivity contribution in [3.63, 3.8) is 0 Å². The SMILES string of the molecule is CC(c1ccnc(-n2c3[c-]c(Oc4[c-]c(-n5[c-][n+](-c6c(-c7ccccc7)cccc6-c6ccccc6)cc5)ccc4)ccc3c3cc(C(C)(C)C)ccc32)c1)C(C)(C)C.[Pt]. The smallest absolute Gasteiger partial charge is 0.267 e. The molecule has 6 heteroatoms. The van der Waals surface area contributed by atoms with Gasteiger partial charge in [-0.05, 0) is 79.4 Å². The van der Waals surface area contributed by atoms with E-state index >= 15 is 0 Å². The molecule has 5 nitrogen and oxygen atoms in total. The fraction of sp³-hybridized carbons (Fsp3) is 0.185. The predicted octanol–water partition coefficient (Wildman–Crippen LogP) is 13.2. The van der Waals surface area contributed by atoms with Gasteiger partial charge in [-0.15, -0.1) is 29.7 Å². The van der Waals surface area contributed by atoms with Crippen molar-refractivity contribution in [2.24, 2.45) is 5.41 Å². The van der Waals surface area contributed by atoms with Gasteiger partial charge in [-0.1, -0.05) is 145 Å². The molecular formula is C54H48N4OPt-2. The third-order valence-electron chi connectivity index (χ3n) is 11.6. The topological polar surface area (TPSA) is 35.9 Å². The van der Waals surface area contributed by atoms with E-state index in [0.29, 0.717) is 17.4 Å². The molecule has 0 bridgehead atoms. The molecule has 0 spiro atoms. The Bertz CT molecular complexity index is 2890. The van der Waals surface area contributed by atoms with Crippen molar-refractivity contribution in [3.8, 4) is 50.9 Å². The van der Waals surface area contributed by atoms with E-state index in [1.165, 1.54) is 16.5 Å². The summed E-state index contributed by atoms with van der Waals surface area (Å²) in [6.07, 6.45) is 9.58. The maximum Gasteiger partial charge on any atom is 0.267 e. The number of pyridine rings is 1. The predicted molar refractivity (Wildman–Crippen MR) is 240 cm³/mol. The Morgan fingerprint density at radius 1 is 0.667 bits per heavy atom. The Morgan fingerprint density at radius 3 is 2.00 bits per heavy atom. The summed E-state index contributed by atoms with van der Waals surface area (Å²) in [6, 6.07) is 55.9. The van der Waals surface area contributed by atoms with Crippen molar-refractivity contribution in [1.29, 1.82) is 0 Å². The van der Waals surface area contributed by atoms with Gasteiger partial charge in [0.1, 0.15) is 5.82 Å². The van der Waals surface area contributed by atoms with Crippen LogP contribution in [0.3, 0.4) is 0 Å². The van der Waals surface area contributed by atoms with Crippen molar-refractivity contribution in [1.82, 2.24) is 14.1 Å². The first-order valence-electron chi connectivity index (χ1n) is 20.4. The molecule has 0 aliphatic carbocycles. The molecule has 0 amide bonds. The zero-order chi connectivity index (χ0) is 40.9. The zero-order valence-electron chi connectivity index (χ0n) is 35.1. The minimum absolute atomic E-state index is 0. The van der Waals surface area contributed by atoms with Crippen molar-refractivity contribution in [2.45, 2.75) is 59.8 Å². The van der Waals surface area contributed by atoms with E-state index in [1.54, 1.807) is 0 Å². The third kappa shape index (κ3) is 7.87. The molecule has 3 aromatic heterocycles. The first-order chi connectivity index (χ1) is 28.4. The maximum atomic E-state index is 6.59. The number of nitrogens with zero attached hydrogens (tertiary/aromatic N) is 4. The van der Waals surface area contributed by atoms with Gasteiger partial charge < -0.3 is 13.9 Å². The van der Waals surface area contributed by atoms with E-state index < -0.39 is 0 Å². The fourth-order valence-corrected chi connectivity index (χ4v) is 7.85. The van der Waals surface area contributed by atoms with E-state index in [4.69, 9.17) is 9.72 Å². The van der Waals surface area contributed by atoms with Crippen molar-refractivity contribution < 1.29 is 30.4 Å². The van der Waals surface area contributed by atoms with Crippen LogP contribution >= 0.6 is 0 Å². The Labute approximate surface area is 368 Å². The molecule has 0 aliphatic rings. The molecule has 0 radical (unpaired) electrons. The van der Waals surface area contributed by atoms with Crippen molar-refractivity contribution in [2.75, 3.05) is 0 Å². The van der Waals surface area contributed by atoms with E-state index in [2.05, 4.69) is 179 Å². The van der Waals surface area contributed by atoms with Gasteiger partial charge in [0.2, 0.25) is 0 Å². The third-order valence-corrected chi connectivity index (χ3v) is 11.6. The molecule has 0 saturated heterocycles. The zero-order valence-corrected chi connectivity index (χ0v) is 37.4. The Hall–Kier alpha value is -6.03. The van der Waals surface area contributed by atoms with Crippen LogP contribution in [0.15, 0.2) is 158 Å². The molecule has 0 saturated carbocycles. The van der Waals surface area contributed by atoms with Gasteiger partial charge in [0.15, 0.2) is 0 Å². The average Bonchev–Trinajstić information content (AvgIpc) is 3.86. The van der Waals surface area contributed by atoms with Gasteiger partial charge in [0, 0.05) is 56.7 Å². The number of para-hydroxylation sites is 1. The second kappa shape index (κ2) is 16.2. The number of aromatic nitrogens is 4. The quantitative estimate of drug-likeness (QED) is 0.112. The van der Waals surface area contributed by atoms with Crippen LogP contribution in [0, 0.1) is 23.9 Å². The molecule has 3 heterocycles. The Morgan fingerprint density at radius 2 is 1.33 bits per heavy atom. The van der Waals surface area contributed by atoms with Gasteiger partial charge in [0.25, 0.3) is 6.33 Å². The second-order valence-electron chi connectivity index (χ2n) is 17.5. The minimum atomic E-state index is 0. The molecule has 0 aliphatic heterocycles. The normalized spacial score (nSPS) is 12.4. The summed E-state index contributed by atoms with van der Waals surface area (Å²) < 4.78 is 12.8. The standard InChI is InChI=1S/C54H48N4O.Pt/c1-37(53(2,3)4)40-28-29-55-51(32-40)58-49-27-24-41(54(5,6)7)33-48(49)47-26-25-44(35-50(47)58)59-43-21-14-20-42(34-43)56-30-31-57(36-56)52-45(38-16-10-8-11-17-38)22-15-23-46(52)39-18-12-9-13-19-39;/h8-33,37H,1-7H3;/q-2;. The summed E-state index contributed by atoms with van der Waals surface area (Å²) in [5.74, 6) is 2.39. The van der Waals surface area contributed by atoms with E-state index in [9.17, 15) is 0 Å². The summed E-state index contributed by atoms with van der Waals surface area (Å²) in [6.45, 7) is 15.9. The largest absolute Gasteiger partial charge is 0.510 e. The number of benzene rings is 6. The van der Waals surface area contributed by atoms with Crippen molar-refractivity contribution >= 4 is 21.8 Å². The summed E-state index contributed by atoms with van der Waals surface area (Å²) in [4.78, 5) is 4.93. The van der Waals surface area contributed by atoms with Crippen LogP contribution in [-0.4, -0.2) is 14.1 Å². The van der Waals surface area contributed by atoms with Gasteiger partial charge in [-0.25, -0.2) is 4.98 Å². The molecule has 1 atom stereocenters. The molecular weight excluding hydrogens is 916 g/mol. The number of rotatable bonds is 8. The molecule has 9 rings (SSSR count). The summed E-state index contributed by atoms with van der Waals surface area (Å²) in [7, 11) is 0. The van der Waals surface area contributed by atoms with Crippen molar-refractivity contribution in [3.05, 3.63) is 188 Å². The summed E-state index contributed by atoms with van der Waals surface area (Å²) >= 11 is 0. The van der Waals surface area contributed by atoms with E-state index in [-0.39, 0.29) is 31.9 Å². The molecule has 9 aromatic rings. The number of imidazole rings is 1. The number of fused-ring (bicyclic) bond motifs is 3. The minimum Gasteiger partial charge on any atom is -0.510 e. The molecule has 6 aromatic carbocycles. The maximum absolute atomic E-state index is 6.59. The van der Waals surface area contributed by atoms with Crippen LogP contribution in [-0.2, 0) is 26.5 Å². The van der Waals surface area contributed by atoms with Crippen LogP contribution in [0.5, 0.6) is 11.5 Å². The number of ether oxygens (including phenoxy) is 1. The molecule has 0 N–H and O–H groups in total. The first-order valence-corrected chi connectivity index (χ1v) is 20.4. The summed E-state index contributed by atoms with van der Waals surface area (Å²) in [5.41, 5.74) is 11.0. The van der Waals surface area contributed by atoms with Crippen LogP contribution in [0.25, 0.3) is 61.3 Å². The number of hydrogen-bond acceptors (Lipinski definition) is 2. The molecule has 1 unspecified atom stereocenters. The summed E-state index contributed by atoms with van der Waals surface area (Å²) in [5, 5.41) is 2.27. The monoisotopic (exact) mass is 963 g/mol. The van der Waals surface area contributed by atoms with Crippen LogP contribution in [0.1, 0.15) is 65.5 Å². The average molecular weight is 964 g/mol. The van der Waals surface area contributed by atoms with Gasteiger partial charge in [-0.3, -0.25) is 4.57 Å². The van der Waals surface area contributed by atoms with Crippen LogP contribution in [0.4, 0.5) is 0 Å². The molecule has 0 fully saturated rings. The van der Waals surface area contributed by atoms with Gasteiger partial charge in [-0.2, -0.15) is 18.2 Å². The van der Waals surface area contributed by atoms with Gasteiger partial charge in [0.05, 0.1) is 5.69 Å². The van der Waals surface area contributed by atoms with Crippen LogP contribution < -0.4 is 9.30 Å². The molecule has 60 heavy (non-hydrogen) atoms. The Kier molecular flexibility index (Phi) is 11.0. The van der Waals surface area contributed by atoms with E-state index in [1.807, 2.05) is 59.6 Å². The fourth-order valence-electron chi connectivity index (χ4n) is 7.85. The first kappa shape index (κ1) is 40.7. The number of hydrogen-bond donors (Lipinski definition) is 0. The second-order valence-corrected chi connectivity index (χ2v) is 17.5. The Balaban J connectivity index is 0.00000499.